The summed E-state index contributed by atoms with van der Waals surface area (Å²) < 4.78 is 6.81. The number of rotatable bonds is 5. The van der Waals surface area contributed by atoms with E-state index in [2.05, 4.69) is 20.4 Å². The van der Waals surface area contributed by atoms with Gasteiger partial charge >= 0.3 is 0 Å². The minimum atomic E-state index is -0.292. The lowest BCUT2D eigenvalue weighted by Crippen LogP contribution is -2.19. The number of carbonyl (C=O) groups excluding carboxylic acids is 1. The maximum absolute atomic E-state index is 12.5. The average molecular weight is 395 g/mol. The number of thiophene rings is 1. The fraction of sp³-hybridized carbons (Fsp3) is 0.158. The van der Waals surface area contributed by atoms with Crippen LogP contribution >= 0.6 is 11.3 Å². The molecule has 4 aromatic heterocycles. The van der Waals surface area contributed by atoms with E-state index in [0.717, 1.165) is 0 Å². The van der Waals surface area contributed by atoms with E-state index in [1.807, 2.05) is 19.2 Å². The first kappa shape index (κ1) is 17.9. The molecule has 28 heavy (non-hydrogen) atoms. The standard InChI is InChI=1S/C19H17N5O3S/c1-11(2)12-10-17(25)22-19(20-12)24-16(21-18(26)15-6-4-8-28-15)9-13(23-24)14-5-3-7-27-14/h3-11H,1-2H3,(H,21,26)(H,20,22,25). The summed E-state index contributed by atoms with van der Waals surface area (Å²) in [6.45, 7) is 3.89. The number of anilines is 1. The molecule has 4 aromatic rings. The highest BCUT2D eigenvalue weighted by Gasteiger charge is 2.18. The van der Waals surface area contributed by atoms with Gasteiger partial charge in [0.25, 0.3) is 11.5 Å². The molecule has 8 nitrogen and oxygen atoms in total. The predicted molar refractivity (Wildman–Crippen MR) is 106 cm³/mol. The van der Waals surface area contributed by atoms with E-state index in [4.69, 9.17) is 4.42 Å². The lowest BCUT2D eigenvalue weighted by molar-refractivity contribution is 0.103. The Morgan fingerprint density at radius 3 is 2.82 bits per heavy atom. The molecule has 0 aromatic carbocycles. The molecule has 0 bridgehead atoms. The van der Waals surface area contributed by atoms with Crippen molar-refractivity contribution in [2.24, 2.45) is 0 Å². The van der Waals surface area contributed by atoms with Crippen molar-refractivity contribution in [2.75, 3.05) is 5.32 Å². The Hall–Kier alpha value is -3.46. The zero-order valence-corrected chi connectivity index (χ0v) is 16.0. The van der Waals surface area contributed by atoms with Crippen LogP contribution in [0.2, 0.25) is 0 Å². The predicted octanol–water partition coefficient (Wildman–Crippen LogP) is 3.65. The van der Waals surface area contributed by atoms with Gasteiger partial charge < -0.3 is 9.73 Å². The highest BCUT2D eigenvalue weighted by atomic mass is 32.1. The molecule has 0 fully saturated rings. The molecular formula is C19H17N5O3S. The first-order chi connectivity index (χ1) is 13.5. The maximum Gasteiger partial charge on any atom is 0.266 e. The molecule has 0 spiro atoms. The van der Waals surface area contributed by atoms with Crippen LogP contribution < -0.4 is 10.9 Å². The van der Waals surface area contributed by atoms with Gasteiger partial charge in [-0.15, -0.1) is 11.3 Å². The zero-order chi connectivity index (χ0) is 19.7. The van der Waals surface area contributed by atoms with Gasteiger partial charge in [0.05, 0.1) is 16.8 Å². The van der Waals surface area contributed by atoms with Crippen molar-refractivity contribution in [2.45, 2.75) is 19.8 Å². The Labute approximate surface area is 163 Å². The molecule has 0 saturated heterocycles. The molecule has 0 atom stereocenters. The van der Waals surface area contributed by atoms with Crippen LogP contribution in [-0.4, -0.2) is 25.7 Å². The molecule has 4 rings (SSSR count). The zero-order valence-electron chi connectivity index (χ0n) is 15.2. The topological polar surface area (TPSA) is 106 Å². The molecule has 0 aliphatic carbocycles. The maximum atomic E-state index is 12.5. The average Bonchev–Trinajstić information content (AvgIpc) is 3.41. The molecule has 0 radical (unpaired) electrons. The third kappa shape index (κ3) is 3.52. The molecule has 9 heteroatoms. The van der Waals surface area contributed by atoms with Gasteiger partial charge in [-0.1, -0.05) is 19.9 Å². The molecule has 4 heterocycles. The number of H-pyrrole nitrogens is 1. The van der Waals surface area contributed by atoms with Crippen LogP contribution in [0, 0.1) is 0 Å². The largest absolute Gasteiger partial charge is 0.463 e. The number of hydrogen-bond acceptors (Lipinski definition) is 6. The molecule has 0 saturated carbocycles. The minimum absolute atomic E-state index is 0.0605. The van der Waals surface area contributed by atoms with Crippen molar-refractivity contribution in [3.8, 4) is 17.4 Å². The summed E-state index contributed by atoms with van der Waals surface area (Å²) in [5, 5.41) is 9.13. The number of aromatic amines is 1. The highest BCUT2D eigenvalue weighted by Crippen LogP contribution is 2.25. The van der Waals surface area contributed by atoms with E-state index < -0.39 is 0 Å². The summed E-state index contributed by atoms with van der Waals surface area (Å²) in [7, 11) is 0. The normalized spacial score (nSPS) is 11.1. The van der Waals surface area contributed by atoms with Crippen molar-refractivity contribution >= 4 is 23.1 Å². The van der Waals surface area contributed by atoms with E-state index in [-0.39, 0.29) is 23.3 Å². The van der Waals surface area contributed by atoms with Crippen molar-refractivity contribution in [3.63, 3.8) is 0 Å². The minimum Gasteiger partial charge on any atom is -0.463 e. The second-order valence-electron chi connectivity index (χ2n) is 6.38. The number of nitrogens with zero attached hydrogens (tertiary/aromatic N) is 3. The van der Waals surface area contributed by atoms with Crippen LogP contribution in [0.1, 0.15) is 35.1 Å². The number of aromatic nitrogens is 4. The van der Waals surface area contributed by atoms with Crippen molar-refractivity contribution in [3.05, 3.63) is 69.0 Å². The molecule has 0 unspecified atom stereocenters. The SMILES string of the molecule is CC(C)c1cc(=O)[nH]c(-n2nc(-c3ccco3)cc2NC(=O)c2cccs2)n1. The summed E-state index contributed by atoms with van der Waals surface area (Å²) in [5.74, 6) is 0.909. The van der Waals surface area contributed by atoms with Gasteiger partial charge in [0.1, 0.15) is 11.5 Å². The second kappa shape index (κ2) is 7.28. The lowest BCUT2D eigenvalue weighted by Gasteiger charge is -2.09. The van der Waals surface area contributed by atoms with Gasteiger partial charge in [0.2, 0.25) is 5.95 Å². The fourth-order valence-corrected chi connectivity index (χ4v) is 3.24. The van der Waals surface area contributed by atoms with Crippen molar-refractivity contribution < 1.29 is 9.21 Å². The Morgan fingerprint density at radius 2 is 2.14 bits per heavy atom. The smallest absolute Gasteiger partial charge is 0.266 e. The second-order valence-corrected chi connectivity index (χ2v) is 7.33. The first-order valence-corrected chi connectivity index (χ1v) is 9.49. The van der Waals surface area contributed by atoms with Gasteiger partial charge in [-0.2, -0.15) is 9.78 Å². The van der Waals surface area contributed by atoms with Gasteiger partial charge in [-0.05, 0) is 29.5 Å². The summed E-state index contributed by atoms with van der Waals surface area (Å²) in [6, 6.07) is 10.2. The van der Waals surface area contributed by atoms with E-state index in [9.17, 15) is 9.59 Å². The monoisotopic (exact) mass is 395 g/mol. The molecule has 2 N–H and O–H groups in total. The molecule has 142 valence electrons. The van der Waals surface area contributed by atoms with Gasteiger partial charge in [-0.25, -0.2) is 4.98 Å². The van der Waals surface area contributed by atoms with Gasteiger partial charge in [-0.3, -0.25) is 14.6 Å². The molecule has 0 aliphatic heterocycles. The quantitative estimate of drug-likeness (QED) is 0.536. The summed E-state index contributed by atoms with van der Waals surface area (Å²) in [4.78, 5) is 32.4. The van der Waals surface area contributed by atoms with Crippen LogP contribution in [-0.2, 0) is 0 Å². The van der Waals surface area contributed by atoms with E-state index >= 15 is 0 Å². The van der Waals surface area contributed by atoms with Crippen LogP contribution in [0.3, 0.4) is 0 Å². The van der Waals surface area contributed by atoms with Crippen LogP contribution in [0.25, 0.3) is 17.4 Å². The Morgan fingerprint density at radius 1 is 1.29 bits per heavy atom. The highest BCUT2D eigenvalue weighted by molar-refractivity contribution is 7.12. The first-order valence-electron chi connectivity index (χ1n) is 8.61. The molecule has 0 aliphatic rings. The Bertz CT molecular complexity index is 1160. The Balaban J connectivity index is 1.81. The number of amides is 1. The number of nitrogens with one attached hydrogen (secondary N) is 2. The third-order valence-electron chi connectivity index (χ3n) is 4.01. The summed E-state index contributed by atoms with van der Waals surface area (Å²) in [6.07, 6.45) is 1.54. The van der Waals surface area contributed by atoms with Crippen LogP contribution in [0.5, 0.6) is 0 Å². The number of furan rings is 1. The fourth-order valence-electron chi connectivity index (χ4n) is 2.62. The molecule has 1 amide bonds. The van der Waals surface area contributed by atoms with E-state index in [1.165, 1.54) is 28.3 Å². The number of carbonyl (C=O) groups is 1. The van der Waals surface area contributed by atoms with Crippen LogP contribution in [0.4, 0.5) is 5.82 Å². The van der Waals surface area contributed by atoms with E-state index in [0.29, 0.717) is 27.8 Å². The van der Waals surface area contributed by atoms with Gasteiger partial charge in [0, 0.05) is 12.1 Å². The molecular weight excluding hydrogens is 378 g/mol. The van der Waals surface area contributed by atoms with E-state index in [1.54, 1.807) is 30.3 Å². The summed E-state index contributed by atoms with van der Waals surface area (Å²) >= 11 is 1.33. The lowest BCUT2D eigenvalue weighted by atomic mass is 10.1. The van der Waals surface area contributed by atoms with Crippen molar-refractivity contribution in [1.29, 1.82) is 0 Å². The number of hydrogen-bond donors (Lipinski definition) is 2. The summed E-state index contributed by atoms with van der Waals surface area (Å²) in [5.41, 5.74) is 0.840. The van der Waals surface area contributed by atoms with Crippen LogP contribution in [0.15, 0.2) is 57.3 Å². The Kier molecular flexibility index (Phi) is 4.66. The van der Waals surface area contributed by atoms with Crippen molar-refractivity contribution in [1.82, 2.24) is 19.7 Å². The van der Waals surface area contributed by atoms with Gasteiger partial charge in [0.15, 0.2) is 5.76 Å². The third-order valence-corrected chi connectivity index (χ3v) is 4.88.